The fourth-order valence-electron chi connectivity index (χ4n) is 4.30. The van der Waals surface area contributed by atoms with Crippen LogP contribution in [-0.4, -0.2) is 47.6 Å². The zero-order valence-corrected chi connectivity index (χ0v) is 19.1. The van der Waals surface area contributed by atoms with Crippen LogP contribution in [0.25, 0.3) is 0 Å². The van der Waals surface area contributed by atoms with Crippen molar-refractivity contribution in [1.29, 1.82) is 0 Å². The lowest BCUT2D eigenvalue weighted by Crippen LogP contribution is -2.42. The number of nitrogens with zero attached hydrogens (tertiary/aromatic N) is 3. The van der Waals surface area contributed by atoms with Crippen LogP contribution in [0.15, 0.2) is 59.5 Å². The average molecular weight is 507 g/mol. The summed E-state index contributed by atoms with van der Waals surface area (Å²) in [7, 11) is -4.43. The van der Waals surface area contributed by atoms with E-state index in [9.17, 15) is 26.4 Å². The van der Waals surface area contributed by atoms with Gasteiger partial charge in [0.1, 0.15) is 12.4 Å². The van der Waals surface area contributed by atoms with Crippen molar-refractivity contribution in [3.63, 3.8) is 0 Å². The third kappa shape index (κ3) is 4.50. The number of alkyl halides is 3. The predicted octanol–water partition coefficient (Wildman–Crippen LogP) is 2.84. The maximum absolute atomic E-state index is 13.4. The Morgan fingerprint density at radius 1 is 1.09 bits per heavy atom. The molecule has 1 amide bonds. The van der Waals surface area contributed by atoms with Crippen molar-refractivity contribution < 1.29 is 31.1 Å². The molecule has 1 aromatic heterocycles. The number of nitrogens with one attached hydrogen (secondary N) is 1. The van der Waals surface area contributed by atoms with E-state index < -0.39 is 32.6 Å². The Morgan fingerprint density at radius 2 is 1.83 bits per heavy atom. The number of amides is 1. The molecular weight excluding hydrogens is 485 g/mol. The number of benzene rings is 2. The molecule has 0 aliphatic carbocycles. The number of carbonyl (C=O) groups is 1. The van der Waals surface area contributed by atoms with E-state index in [0.717, 1.165) is 33.8 Å². The number of aromatic nitrogens is 2. The van der Waals surface area contributed by atoms with Gasteiger partial charge in [-0.3, -0.25) is 9.48 Å². The number of sulfonamides is 1. The Kier molecular flexibility index (Phi) is 5.80. The Morgan fingerprint density at radius 3 is 2.63 bits per heavy atom. The van der Waals surface area contributed by atoms with Gasteiger partial charge in [-0.15, -0.1) is 0 Å². The van der Waals surface area contributed by atoms with Crippen LogP contribution in [0.2, 0.25) is 0 Å². The Balaban J connectivity index is 1.32. The van der Waals surface area contributed by atoms with E-state index in [1.165, 1.54) is 16.8 Å². The third-order valence-corrected chi connectivity index (χ3v) is 7.92. The molecule has 3 aromatic rings. The van der Waals surface area contributed by atoms with Crippen LogP contribution < -0.4 is 10.1 Å². The first-order valence-corrected chi connectivity index (χ1v) is 12.3. The fraction of sp³-hybridized carbons (Fsp3) is 0.304. The van der Waals surface area contributed by atoms with Gasteiger partial charge >= 0.3 is 6.18 Å². The number of para-hydroxylation sites is 1. The van der Waals surface area contributed by atoms with Crippen molar-refractivity contribution in [3.05, 3.63) is 77.1 Å². The van der Waals surface area contributed by atoms with E-state index in [4.69, 9.17) is 4.74 Å². The molecule has 2 aliphatic rings. The van der Waals surface area contributed by atoms with Crippen molar-refractivity contribution in [3.8, 4) is 5.75 Å². The minimum absolute atomic E-state index is 0.0719. The highest BCUT2D eigenvalue weighted by Gasteiger charge is 2.40. The number of hydrogen-bond acceptors (Lipinski definition) is 5. The molecule has 12 heteroatoms. The van der Waals surface area contributed by atoms with Gasteiger partial charge in [0.15, 0.2) is 5.69 Å². The summed E-state index contributed by atoms with van der Waals surface area (Å²) >= 11 is 0. The molecule has 2 aliphatic heterocycles. The summed E-state index contributed by atoms with van der Waals surface area (Å²) in [5.74, 6) is 0.348. The summed E-state index contributed by atoms with van der Waals surface area (Å²) in [6, 6.07) is 12.9. The van der Waals surface area contributed by atoms with Gasteiger partial charge in [0.2, 0.25) is 10.0 Å². The minimum Gasteiger partial charge on any atom is -0.491 e. The molecule has 35 heavy (non-hydrogen) atoms. The molecule has 184 valence electrons. The second-order valence-corrected chi connectivity index (χ2v) is 10.3. The van der Waals surface area contributed by atoms with Gasteiger partial charge in [-0.2, -0.15) is 22.6 Å². The van der Waals surface area contributed by atoms with Crippen molar-refractivity contribution in [1.82, 2.24) is 19.4 Å². The monoisotopic (exact) mass is 506 g/mol. The van der Waals surface area contributed by atoms with Gasteiger partial charge in [-0.1, -0.05) is 30.3 Å². The van der Waals surface area contributed by atoms with Crippen molar-refractivity contribution >= 4 is 15.9 Å². The Labute approximate surface area is 199 Å². The first kappa shape index (κ1) is 23.4. The molecule has 0 spiro atoms. The van der Waals surface area contributed by atoms with E-state index in [2.05, 4.69) is 10.4 Å². The topological polar surface area (TPSA) is 93.5 Å². The summed E-state index contributed by atoms with van der Waals surface area (Å²) in [6.07, 6.45) is -4.21. The second-order valence-electron chi connectivity index (χ2n) is 8.37. The maximum Gasteiger partial charge on any atom is 0.417 e. The van der Waals surface area contributed by atoms with Crippen LogP contribution in [0.4, 0.5) is 13.2 Å². The van der Waals surface area contributed by atoms with Crippen molar-refractivity contribution in [2.24, 2.45) is 0 Å². The van der Waals surface area contributed by atoms with Gasteiger partial charge < -0.3 is 10.1 Å². The molecular formula is C23H21F3N4O4S. The molecule has 0 saturated heterocycles. The number of carbonyl (C=O) groups excluding carboxylic acids is 1. The molecule has 8 nitrogen and oxygen atoms in total. The smallest absolute Gasteiger partial charge is 0.417 e. The Bertz CT molecular complexity index is 1390. The molecule has 0 bridgehead atoms. The predicted molar refractivity (Wildman–Crippen MR) is 118 cm³/mol. The number of fused-ring (bicyclic) bond motifs is 2. The van der Waals surface area contributed by atoms with Gasteiger partial charge in [-0.05, 0) is 36.2 Å². The summed E-state index contributed by atoms with van der Waals surface area (Å²) in [6.45, 7) is 0.142. The molecule has 0 fully saturated rings. The maximum atomic E-state index is 13.4. The first-order valence-electron chi connectivity index (χ1n) is 10.9. The van der Waals surface area contributed by atoms with Gasteiger partial charge in [-0.25, -0.2) is 8.42 Å². The van der Waals surface area contributed by atoms with E-state index in [1.807, 2.05) is 24.3 Å². The van der Waals surface area contributed by atoms with Crippen LogP contribution in [0.3, 0.4) is 0 Å². The van der Waals surface area contributed by atoms with E-state index in [1.54, 1.807) is 0 Å². The molecule has 5 rings (SSSR count). The number of rotatable bonds is 4. The lowest BCUT2D eigenvalue weighted by molar-refractivity contribution is -0.139. The second kappa shape index (κ2) is 8.68. The summed E-state index contributed by atoms with van der Waals surface area (Å²) in [5, 5.41) is 7.15. The van der Waals surface area contributed by atoms with Crippen LogP contribution in [0.1, 0.15) is 27.3 Å². The minimum atomic E-state index is -4.81. The standard InChI is InChI=1S/C23H21F3N4O4S/c24-23(25,26)18-6-2-4-8-21(18)35(32,33)29-9-10-30-17(13-29)12-19(28-30)22(31)27-16-11-15-5-1-3-7-20(15)34-14-16/h1-8,12,16H,9-11,13-14H2,(H,27,31). The van der Waals surface area contributed by atoms with Crippen LogP contribution >= 0.6 is 0 Å². The number of hydrogen-bond donors (Lipinski definition) is 1. The van der Waals surface area contributed by atoms with Crippen LogP contribution in [0, 0.1) is 0 Å². The molecule has 1 atom stereocenters. The van der Waals surface area contributed by atoms with E-state index in [0.29, 0.717) is 18.7 Å². The lowest BCUT2D eigenvalue weighted by atomic mass is 10.0. The van der Waals surface area contributed by atoms with Gasteiger partial charge in [0, 0.05) is 6.54 Å². The summed E-state index contributed by atoms with van der Waals surface area (Å²) in [4.78, 5) is 12.0. The summed E-state index contributed by atoms with van der Waals surface area (Å²) in [5.41, 5.74) is 0.289. The average Bonchev–Trinajstić information content (AvgIpc) is 3.27. The highest BCUT2D eigenvalue weighted by Crippen LogP contribution is 2.36. The molecule has 1 unspecified atom stereocenters. The van der Waals surface area contributed by atoms with Crippen LogP contribution in [-0.2, 0) is 35.7 Å². The van der Waals surface area contributed by atoms with Crippen molar-refractivity contribution in [2.45, 2.75) is 36.6 Å². The highest BCUT2D eigenvalue weighted by atomic mass is 32.2. The van der Waals surface area contributed by atoms with Gasteiger partial charge in [0.05, 0.1) is 35.3 Å². The third-order valence-electron chi connectivity index (χ3n) is 6.02. The molecule has 3 heterocycles. The largest absolute Gasteiger partial charge is 0.491 e. The SMILES string of the molecule is O=C(NC1COc2ccccc2C1)c1cc2n(n1)CCN(S(=O)(=O)c1ccccc1C(F)(F)F)C2. The summed E-state index contributed by atoms with van der Waals surface area (Å²) < 4.78 is 74.5. The zero-order valence-electron chi connectivity index (χ0n) is 18.3. The van der Waals surface area contributed by atoms with Crippen molar-refractivity contribution in [2.75, 3.05) is 13.2 Å². The van der Waals surface area contributed by atoms with E-state index in [-0.39, 0.29) is 31.4 Å². The quantitative estimate of drug-likeness (QED) is 0.588. The normalized spacial score (nSPS) is 18.3. The molecule has 0 saturated carbocycles. The molecule has 2 aromatic carbocycles. The Hall–Kier alpha value is -3.38. The number of ether oxygens (including phenoxy) is 1. The van der Waals surface area contributed by atoms with Gasteiger partial charge in [0.25, 0.3) is 5.91 Å². The van der Waals surface area contributed by atoms with E-state index >= 15 is 0 Å². The highest BCUT2D eigenvalue weighted by molar-refractivity contribution is 7.89. The first-order chi connectivity index (χ1) is 16.6. The lowest BCUT2D eigenvalue weighted by Gasteiger charge is -2.27. The number of halogens is 3. The van der Waals surface area contributed by atoms with Crippen LogP contribution in [0.5, 0.6) is 5.75 Å². The fourth-order valence-corrected chi connectivity index (χ4v) is 5.92. The molecule has 1 N–H and O–H groups in total. The zero-order chi connectivity index (χ0) is 24.8. The molecule has 0 radical (unpaired) electrons.